The maximum atomic E-state index is 14.3. The number of halogens is 4. The minimum absolute atomic E-state index is 0.138. The summed E-state index contributed by atoms with van der Waals surface area (Å²) in [6, 6.07) is 3.53. The van der Waals surface area contributed by atoms with E-state index in [0.717, 1.165) is 23.2 Å². The van der Waals surface area contributed by atoms with Crippen molar-refractivity contribution >= 4 is 11.0 Å². The van der Waals surface area contributed by atoms with Gasteiger partial charge in [-0.2, -0.15) is 0 Å². The van der Waals surface area contributed by atoms with Crippen LogP contribution in [-0.2, 0) is 16.1 Å². The molecule has 0 spiro atoms. The fraction of sp³-hybridized carbons (Fsp3) is 0.400. The Balaban J connectivity index is 1.45. The summed E-state index contributed by atoms with van der Waals surface area (Å²) in [5.41, 5.74) is 1.68. The van der Waals surface area contributed by atoms with Crippen molar-refractivity contribution in [1.29, 1.82) is 0 Å². The predicted octanol–water partition coefficient (Wildman–Crippen LogP) is 2.67. The van der Waals surface area contributed by atoms with Crippen LogP contribution in [0, 0.1) is 12.7 Å². The molecule has 1 saturated heterocycles. The third-order valence-electron chi connectivity index (χ3n) is 5.70. The summed E-state index contributed by atoms with van der Waals surface area (Å²) in [6.07, 6.45) is -7.95. The number of aromatic nitrogens is 3. The summed E-state index contributed by atoms with van der Waals surface area (Å²) < 4.78 is 68.5. The van der Waals surface area contributed by atoms with Gasteiger partial charge in [-0.05, 0) is 36.2 Å². The fourth-order valence-electron chi connectivity index (χ4n) is 4.21. The highest BCUT2D eigenvalue weighted by Gasteiger charge is 2.50. The molecule has 8 nitrogen and oxygen atoms in total. The lowest BCUT2D eigenvalue weighted by molar-refractivity contribution is -0.275. The molecule has 5 atom stereocenters. The smallest absolute Gasteiger partial charge is 0.403 e. The van der Waals surface area contributed by atoms with Crippen molar-refractivity contribution in [1.82, 2.24) is 14.5 Å². The topological polar surface area (TPSA) is 98.9 Å². The molecule has 1 aromatic carbocycles. The SMILES string of the molecule is Cc1ncnc2c1ccn2[C@@H]1O[C@H]([C@@H]2OCc3cc(OC(F)(F)F)c(F)cc32)[C@@H](O)[C@H]1O. The van der Waals surface area contributed by atoms with Crippen LogP contribution in [0.2, 0.25) is 0 Å². The van der Waals surface area contributed by atoms with Gasteiger partial charge in [0.05, 0.1) is 12.3 Å². The molecule has 0 saturated carbocycles. The second-order valence-electron chi connectivity index (χ2n) is 7.65. The van der Waals surface area contributed by atoms with Crippen LogP contribution < -0.4 is 4.74 Å². The van der Waals surface area contributed by atoms with Gasteiger partial charge in [0, 0.05) is 11.6 Å². The summed E-state index contributed by atoms with van der Waals surface area (Å²) in [6.45, 7) is 1.66. The molecular weight excluding hydrogens is 438 g/mol. The molecule has 2 N–H and O–H groups in total. The minimum Gasteiger partial charge on any atom is -0.403 e. The summed E-state index contributed by atoms with van der Waals surface area (Å²) in [7, 11) is 0. The normalized spacial score (nSPS) is 27.8. The molecule has 3 aromatic rings. The van der Waals surface area contributed by atoms with E-state index in [2.05, 4.69) is 14.7 Å². The number of aryl methyl sites for hydroxylation is 1. The fourth-order valence-corrected chi connectivity index (χ4v) is 4.21. The molecule has 1 fully saturated rings. The molecular formula is C20H17F4N3O5. The molecule has 0 radical (unpaired) electrons. The zero-order chi connectivity index (χ0) is 22.8. The van der Waals surface area contributed by atoms with E-state index in [1.165, 1.54) is 6.33 Å². The van der Waals surface area contributed by atoms with Crippen molar-refractivity contribution in [3.8, 4) is 5.75 Å². The molecule has 32 heavy (non-hydrogen) atoms. The van der Waals surface area contributed by atoms with Crippen LogP contribution in [-0.4, -0.2) is 49.4 Å². The molecule has 5 rings (SSSR count). The molecule has 2 aliphatic heterocycles. The van der Waals surface area contributed by atoms with Gasteiger partial charge in [-0.1, -0.05) is 0 Å². The highest BCUT2D eigenvalue weighted by Crippen LogP contribution is 2.44. The third-order valence-corrected chi connectivity index (χ3v) is 5.70. The van der Waals surface area contributed by atoms with Crippen LogP contribution in [0.5, 0.6) is 5.75 Å². The van der Waals surface area contributed by atoms with Crippen LogP contribution in [0.15, 0.2) is 30.7 Å². The quantitative estimate of drug-likeness (QED) is 0.586. The molecule has 170 valence electrons. The van der Waals surface area contributed by atoms with Gasteiger partial charge in [-0.25, -0.2) is 14.4 Å². The second kappa shape index (κ2) is 7.37. The Kier molecular flexibility index (Phi) is 4.85. The molecule has 2 aromatic heterocycles. The summed E-state index contributed by atoms with van der Waals surface area (Å²) in [5, 5.41) is 22.0. The van der Waals surface area contributed by atoms with E-state index in [0.29, 0.717) is 5.65 Å². The first kappa shape index (κ1) is 21.1. The van der Waals surface area contributed by atoms with E-state index in [-0.39, 0.29) is 17.7 Å². The van der Waals surface area contributed by atoms with E-state index < -0.39 is 48.6 Å². The number of fused-ring (bicyclic) bond motifs is 2. The zero-order valence-corrected chi connectivity index (χ0v) is 16.5. The van der Waals surface area contributed by atoms with Gasteiger partial charge in [0.15, 0.2) is 17.8 Å². The highest BCUT2D eigenvalue weighted by atomic mass is 19.4. The van der Waals surface area contributed by atoms with E-state index in [9.17, 15) is 27.8 Å². The molecule has 12 heteroatoms. The number of ether oxygens (including phenoxy) is 3. The Bertz CT molecular complexity index is 1180. The number of hydrogen-bond donors (Lipinski definition) is 2. The average molecular weight is 455 g/mol. The molecule has 2 aliphatic rings. The van der Waals surface area contributed by atoms with Crippen molar-refractivity contribution < 1.29 is 42.0 Å². The first-order chi connectivity index (χ1) is 15.1. The first-order valence-corrected chi connectivity index (χ1v) is 9.63. The molecule has 0 amide bonds. The number of nitrogens with zero attached hydrogens (tertiary/aromatic N) is 3. The van der Waals surface area contributed by atoms with Crippen molar-refractivity contribution in [3.63, 3.8) is 0 Å². The van der Waals surface area contributed by atoms with Crippen molar-refractivity contribution in [2.24, 2.45) is 0 Å². The van der Waals surface area contributed by atoms with Gasteiger partial charge in [-0.15, -0.1) is 13.2 Å². The van der Waals surface area contributed by atoms with Crippen LogP contribution in [0.3, 0.4) is 0 Å². The standard InChI is InChI=1S/C20H17F4N3O5/c1-8-10-2-3-27(18(10)26-7-25-8)19-15(29)14(28)17(31-19)16-11-5-12(21)13(32-20(22,23)24)4-9(11)6-30-16/h2-5,7,14-17,19,28-29H,6H2,1H3/t14-,15+,16+,17-,19+/m0/s1. The Morgan fingerprint density at radius 2 is 1.97 bits per heavy atom. The molecule has 0 unspecified atom stereocenters. The average Bonchev–Trinajstić information content (AvgIpc) is 3.39. The van der Waals surface area contributed by atoms with Crippen LogP contribution in [0.1, 0.15) is 29.2 Å². The number of alkyl halides is 3. The maximum Gasteiger partial charge on any atom is 0.573 e. The second-order valence-corrected chi connectivity index (χ2v) is 7.65. The summed E-state index contributed by atoms with van der Waals surface area (Å²) in [5.74, 6) is -2.20. The Hall–Kier alpha value is -2.80. The molecule has 0 bridgehead atoms. The third kappa shape index (κ3) is 3.39. The molecule has 0 aliphatic carbocycles. The van der Waals surface area contributed by atoms with Gasteiger partial charge in [-0.3, -0.25) is 0 Å². The van der Waals surface area contributed by atoms with Crippen molar-refractivity contribution in [2.45, 2.75) is 50.5 Å². The van der Waals surface area contributed by atoms with Crippen LogP contribution in [0.25, 0.3) is 11.0 Å². The van der Waals surface area contributed by atoms with Gasteiger partial charge in [0.2, 0.25) is 0 Å². The summed E-state index contributed by atoms with van der Waals surface area (Å²) >= 11 is 0. The Morgan fingerprint density at radius 1 is 1.19 bits per heavy atom. The maximum absolute atomic E-state index is 14.3. The first-order valence-electron chi connectivity index (χ1n) is 9.63. The number of benzene rings is 1. The van der Waals surface area contributed by atoms with Gasteiger partial charge in [0.1, 0.15) is 36.4 Å². The Morgan fingerprint density at radius 3 is 2.72 bits per heavy atom. The minimum atomic E-state index is -5.04. The number of aliphatic hydroxyl groups excluding tert-OH is 2. The summed E-state index contributed by atoms with van der Waals surface area (Å²) in [4.78, 5) is 8.32. The number of hydrogen-bond acceptors (Lipinski definition) is 7. The van der Waals surface area contributed by atoms with Crippen LogP contribution in [0.4, 0.5) is 17.6 Å². The van der Waals surface area contributed by atoms with E-state index >= 15 is 0 Å². The van der Waals surface area contributed by atoms with Crippen molar-refractivity contribution in [3.05, 3.63) is 53.4 Å². The highest BCUT2D eigenvalue weighted by molar-refractivity contribution is 5.78. The van der Waals surface area contributed by atoms with Gasteiger partial charge < -0.3 is 29.0 Å². The Labute approximate surface area is 178 Å². The molecule has 4 heterocycles. The zero-order valence-electron chi connectivity index (χ0n) is 16.5. The number of aliphatic hydroxyl groups is 2. The monoisotopic (exact) mass is 455 g/mol. The van der Waals surface area contributed by atoms with Crippen molar-refractivity contribution in [2.75, 3.05) is 0 Å². The predicted molar refractivity (Wildman–Crippen MR) is 98.8 cm³/mol. The lowest BCUT2D eigenvalue weighted by Crippen LogP contribution is -2.34. The van der Waals surface area contributed by atoms with Gasteiger partial charge in [0.25, 0.3) is 0 Å². The van der Waals surface area contributed by atoms with Gasteiger partial charge >= 0.3 is 6.36 Å². The van der Waals surface area contributed by atoms with E-state index in [1.807, 2.05) is 0 Å². The largest absolute Gasteiger partial charge is 0.573 e. The lowest BCUT2D eigenvalue weighted by atomic mass is 9.97. The van der Waals surface area contributed by atoms with E-state index in [4.69, 9.17) is 9.47 Å². The van der Waals surface area contributed by atoms with Crippen LogP contribution >= 0.6 is 0 Å². The number of rotatable bonds is 3. The lowest BCUT2D eigenvalue weighted by Gasteiger charge is -2.22. The van der Waals surface area contributed by atoms with E-state index in [1.54, 1.807) is 23.8 Å².